The van der Waals surface area contributed by atoms with Gasteiger partial charge in [-0.3, -0.25) is 9.48 Å². The molecular weight excluding hydrogens is 242 g/mol. The fraction of sp³-hybridized carbons (Fsp3) is 0.692. The quantitative estimate of drug-likeness (QED) is 0.871. The number of anilines is 1. The van der Waals surface area contributed by atoms with E-state index in [0.29, 0.717) is 24.0 Å². The fourth-order valence-electron chi connectivity index (χ4n) is 2.59. The van der Waals surface area contributed by atoms with Gasteiger partial charge in [-0.1, -0.05) is 0 Å². The molecule has 0 atom stereocenters. The van der Waals surface area contributed by atoms with E-state index in [1.165, 1.54) is 0 Å². The molecule has 1 aromatic rings. The number of hydrogen-bond acceptors (Lipinski definition) is 4. The van der Waals surface area contributed by atoms with Gasteiger partial charge in [0, 0.05) is 19.6 Å². The van der Waals surface area contributed by atoms with Crippen LogP contribution in [0, 0.1) is 0 Å². The standard InChI is InChI=1S/C13H23N5O/c1-4-18-12(11(14)9-15-18)13(19)17(3)10-5-7-16(2)8-6-10/h9-10H,4-8,14H2,1-3H3. The monoisotopic (exact) mass is 265 g/mol. The van der Waals surface area contributed by atoms with Gasteiger partial charge in [-0.25, -0.2) is 0 Å². The van der Waals surface area contributed by atoms with E-state index in [4.69, 9.17) is 5.73 Å². The highest BCUT2D eigenvalue weighted by atomic mass is 16.2. The van der Waals surface area contributed by atoms with Crippen LogP contribution in [0.5, 0.6) is 0 Å². The average Bonchev–Trinajstić information content (AvgIpc) is 2.79. The molecule has 106 valence electrons. The number of aromatic nitrogens is 2. The summed E-state index contributed by atoms with van der Waals surface area (Å²) in [5.74, 6) is -0.0218. The summed E-state index contributed by atoms with van der Waals surface area (Å²) in [6.45, 7) is 4.67. The maximum atomic E-state index is 12.6. The predicted octanol–water partition coefficient (Wildman–Crippen LogP) is 0.651. The Morgan fingerprint density at radius 2 is 2.16 bits per heavy atom. The Kier molecular flexibility index (Phi) is 4.09. The van der Waals surface area contributed by atoms with Gasteiger partial charge in [0.15, 0.2) is 0 Å². The smallest absolute Gasteiger partial charge is 0.274 e. The van der Waals surface area contributed by atoms with E-state index in [1.54, 1.807) is 10.9 Å². The zero-order chi connectivity index (χ0) is 14.0. The molecule has 0 spiro atoms. The molecule has 0 aliphatic carbocycles. The highest BCUT2D eigenvalue weighted by molar-refractivity contribution is 5.97. The highest BCUT2D eigenvalue weighted by Crippen LogP contribution is 2.19. The SMILES string of the molecule is CCn1ncc(N)c1C(=O)N(C)C1CCN(C)CC1. The Bertz CT molecular complexity index is 448. The zero-order valence-electron chi connectivity index (χ0n) is 12.0. The van der Waals surface area contributed by atoms with Crippen LogP contribution in [0.15, 0.2) is 6.20 Å². The Hall–Kier alpha value is -1.56. The van der Waals surface area contributed by atoms with E-state index in [9.17, 15) is 4.79 Å². The molecule has 0 radical (unpaired) electrons. The largest absolute Gasteiger partial charge is 0.396 e. The summed E-state index contributed by atoms with van der Waals surface area (Å²) < 4.78 is 1.67. The van der Waals surface area contributed by atoms with Crippen molar-refractivity contribution in [2.24, 2.45) is 0 Å². The summed E-state index contributed by atoms with van der Waals surface area (Å²) in [6, 6.07) is 0.295. The summed E-state index contributed by atoms with van der Waals surface area (Å²) in [7, 11) is 3.98. The molecule has 1 fully saturated rings. The number of nitrogens with two attached hydrogens (primary N) is 1. The summed E-state index contributed by atoms with van der Waals surface area (Å²) in [5.41, 5.74) is 6.85. The molecule has 2 rings (SSSR count). The maximum Gasteiger partial charge on any atom is 0.274 e. The molecule has 6 nitrogen and oxygen atoms in total. The fourth-order valence-corrected chi connectivity index (χ4v) is 2.59. The second kappa shape index (κ2) is 5.61. The Morgan fingerprint density at radius 1 is 1.53 bits per heavy atom. The van der Waals surface area contributed by atoms with E-state index in [-0.39, 0.29) is 5.91 Å². The molecule has 0 saturated carbocycles. The molecule has 2 N–H and O–H groups in total. The molecule has 1 aromatic heterocycles. The predicted molar refractivity (Wildman–Crippen MR) is 74.9 cm³/mol. The normalized spacial score (nSPS) is 17.6. The van der Waals surface area contributed by atoms with Crippen LogP contribution >= 0.6 is 0 Å². The van der Waals surface area contributed by atoms with E-state index in [2.05, 4.69) is 17.0 Å². The number of aryl methyl sites for hydroxylation is 1. The molecule has 1 amide bonds. The van der Waals surface area contributed by atoms with E-state index in [0.717, 1.165) is 25.9 Å². The molecule has 0 unspecified atom stereocenters. The lowest BCUT2D eigenvalue weighted by atomic mass is 10.0. The lowest BCUT2D eigenvalue weighted by molar-refractivity contribution is 0.0648. The van der Waals surface area contributed by atoms with Crippen molar-refractivity contribution in [2.45, 2.75) is 32.4 Å². The van der Waals surface area contributed by atoms with Crippen LogP contribution in [0.4, 0.5) is 5.69 Å². The second-order valence-electron chi connectivity index (χ2n) is 5.21. The average molecular weight is 265 g/mol. The van der Waals surface area contributed by atoms with Crippen LogP contribution in [0.3, 0.4) is 0 Å². The second-order valence-corrected chi connectivity index (χ2v) is 5.21. The topological polar surface area (TPSA) is 67.4 Å². The molecule has 2 heterocycles. The minimum Gasteiger partial charge on any atom is -0.396 e. The van der Waals surface area contributed by atoms with Gasteiger partial charge in [-0.05, 0) is 39.9 Å². The third-order valence-corrected chi connectivity index (χ3v) is 3.93. The van der Waals surface area contributed by atoms with E-state index >= 15 is 0 Å². The van der Waals surface area contributed by atoms with E-state index < -0.39 is 0 Å². The molecule has 0 bridgehead atoms. The van der Waals surface area contributed by atoms with Gasteiger partial charge < -0.3 is 15.5 Å². The molecule has 1 saturated heterocycles. The van der Waals surface area contributed by atoms with Gasteiger partial charge in [0.2, 0.25) is 0 Å². The Morgan fingerprint density at radius 3 is 2.74 bits per heavy atom. The number of likely N-dealkylation sites (tertiary alicyclic amines) is 1. The van der Waals surface area contributed by atoms with Crippen molar-refractivity contribution in [1.82, 2.24) is 19.6 Å². The van der Waals surface area contributed by atoms with Gasteiger partial charge in [-0.2, -0.15) is 5.10 Å². The van der Waals surface area contributed by atoms with E-state index in [1.807, 2.05) is 18.9 Å². The summed E-state index contributed by atoms with van der Waals surface area (Å²) in [4.78, 5) is 16.7. The first-order valence-electron chi connectivity index (χ1n) is 6.81. The van der Waals surface area contributed by atoms with Crippen molar-refractivity contribution in [1.29, 1.82) is 0 Å². The first kappa shape index (κ1) is 13.9. The van der Waals surface area contributed by atoms with Gasteiger partial charge in [0.05, 0.1) is 11.9 Å². The summed E-state index contributed by atoms with van der Waals surface area (Å²) >= 11 is 0. The number of piperidine rings is 1. The van der Waals surface area contributed by atoms with Crippen LogP contribution in [-0.4, -0.2) is 58.7 Å². The van der Waals surface area contributed by atoms with Crippen molar-refractivity contribution >= 4 is 11.6 Å². The van der Waals surface area contributed by atoms with Crippen LogP contribution < -0.4 is 5.73 Å². The van der Waals surface area contributed by atoms with Crippen molar-refractivity contribution in [3.63, 3.8) is 0 Å². The highest BCUT2D eigenvalue weighted by Gasteiger charge is 2.27. The third-order valence-electron chi connectivity index (χ3n) is 3.93. The van der Waals surface area contributed by atoms with Gasteiger partial charge in [0.1, 0.15) is 5.69 Å². The Balaban J connectivity index is 2.12. The number of nitrogens with zero attached hydrogens (tertiary/aromatic N) is 4. The van der Waals surface area contributed by atoms with Crippen molar-refractivity contribution < 1.29 is 4.79 Å². The number of rotatable bonds is 3. The number of amides is 1. The Labute approximate surface area is 114 Å². The number of nitrogen functional groups attached to an aromatic ring is 1. The summed E-state index contributed by atoms with van der Waals surface area (Å²) in [5, 5.41) is 4.13. The minimum absolute atomic E-state index is 0.0218. The lowest BCUT2D eigenvalue weighted by Gasteiger charge is -2.35. The number of carbonyl (C=O) groups excluding carboxylic acids is 1. The van der Waals surface area contributed by atoms with Gasteiger partial charge >= 0.3 is 0 Å². The molecule has 6 heteroatoms. The minimum atomic E-state index is -0.0218. The molecule has 1 aliphatic heterocycles. The molecule has 1 aliphatic rings. The van der Waals surface area contributed by atoms with Crippen molar-refractivity contribution in [2.75, 3.05) is 32.9 Å². The molecule has 19 heavy (non-hydrogen) atoms. The molecule has 0 aromatic carbocycles. The van der Waals surface area contributed by atoms with Crippen LogP contribution in [0.25, 0.3) is 0 Å². The molecular formula is C13H23N5O. The van der Waals surface area contributed by atoms with Crippen LogP contribution in [-0.2, 0) is 6.54 Å². The summed E-state index contributed by atoms with van der Waals surface area (Å²) in [6.07, 6.45) is 3.58. The first-order chi connectivity index (χ1) is 9.04. The van der Waals surface area contributed by atoms with Crippen LogP contribution in [0.2, 0.25) is 0 Å². The van der Waals surface area contributed by atoms with Crippen molar-refractivity contribution in [3.05, 3.63) is 11.9 Å². The van der Waals surface area contributed by atoms with Gasteiger partial charge in [-0.15, -0.1) is 0 Å². The zero-order valence-corrected chi connectivity index (χ0v) is 12.0. The first-order valence-corrected chi connectivity index (χ1v) is 6.81. The van der Waals surface area contributed by atoms with Crippen molar-refractivity contribution in [3.8, 4) is 0 Å². The van der Waals surface area contributed by atoms with Gasteiger partial charge in [0.25, 0.3) is 5.91 Å². The lowest BCUT2D eigenvalue weighted by Crippen LogP contribution is -2.45. The third kappa shape index (κ3) is 2.73. The maximum absolute atomic E-state index is 12.6. The number of hydrogen-bond donors (Lipinski definition) is 1. The number of carbonyl (C=O) groups is 1. The van der Waals surface area contributed by atoms with Crippen LogP contribution in [0.1, 0.15) is 30.3 Å².